The minimum absolute atomic E-state index is 0.0257. The van der Waals surface area contributed by atoms with Crippen LogP contribution in [0.4, 0.5) is 13.2 Å². The van der Waals surface area contributed by atoms with Crippen molar-refractivity contribution in [3.05, 3.63) is 12.2 Å². The molecule has 5 nitrogen and oxygen atoms in total. The fourth-order valence-corrected chi connectivity index (χ4v) is 3.56. The third-order valence-corrected chi connectivity index (χ3v) is 4.76. The molecule has 8 heteroatoms. The summed E-state index contributed by atoms with van der Waals surface area (Å²) in [5.74, 6) is -1.61. The lowest BCUT2D eigenvalue weighted by Crippen LogP contribution is -2.57. The van der Waals surface area contributed by atoms with Crippen LogP contribution in [0.3, 0.4) is 0 Å². The molecule has 1 atom stereocenters. The van der Waals surface area contributed by atoms with Gasteiger partial charge in [-0.1, -0.05) is 6.42 Å². The summed E-state index contributed by atoms with van der Waals surface area (Å²) in [6, 6.07) is 0. The van der Waals surface area contributed by atoms with Crippen molar-refractivity contribution in [2.45, 2.75) is 31.9 Å². The summed E-state index contributed by atoms with van der Waals surface area (Å²) in [4.78, 5) is 17.7. The van der Waals surface area contributed by atoms with Crippen molar-refractivity contribution in [2.75, 3.05) is 13.1 Å². The summed E-state index contributed by atoms with van der Waals surface area (Å²) in [5.41, 5.74) is -0.791. The number of carbonyl (C=O) groups is 1. The van der Waals surface area contributed by atoms with Crippen molar-refractivity contribution in [2.24, 2.45) is 18.4 Å². The fourth-order valence-electron chi connectivity index (χ4n) is 3.56. The van der Waals surface area contributed by atoms with Gasteiger partial charge in [0.25, 0.3) is 5.91 Å². The number of nitrogens with zero attached hydrogens (tertiary/aromatic N) is 4. The summed E-state index contributed by atoms with van der Waals surface area (Å²) in [6.45, 7) is 0.275. The summed E-state index contributed by atoms with van der Waals surface area (Å²) in [7, 11) is 1.65. The number of hydrogen-bond acceptors (Lipinski definition) is 3. The number of hydrogen-bond donors (Lipinski definition) is 0. The highest BCUT2D eigenvalue weighted by Crippen LogP contribution is 2.56. The van der Waals surface area contributed by atoms with Gasteiger partial charge in [0.05, 0.1) is 5.92 Å². The molecule has 1 aromatic heterocycles. The first-order valence-corrected chi connectivity index (χ1v) is 7.03. The number of piperidine rings is 1. The molecule has 0 radical (unpaired) electrons. The predicted molar refractivity (Wildman–Crippen MR) is 67.4 cm³/mol. The Balaban J connectivity index is 1.78. The zero-order valence-electron chi connectivity index (χ0n) is 11.7. The van der Waals surface area contributed by atoms with Crippen LogP contribution in [-0.4, -0.2) is 44.8 Å². The smallest absolute Gasteiger partial charge is 0.335 e. The first kappa shape index (κ1) is 14.3. The maximum absolute atomic E-state index is 13.2. The van der Waals surface area contributed by atoms with Crippen molar-refractivity contribution >= 4 is 5.91 Å². The van der Waals surface area contributed by atoms with Crippen LogP contribution < -0.4 is 0 Å². The van der Waals surface area contributed by atoms with E-state index < -0.39 is 17.5 Å². The van der Waals surface area contributed by atoms with Gasteiger partial charge in [-0.25, -0.2) is 4.98 Å². The zero-order chi connectivity index (χ0) is 15.3. The molecule has 1 aromatic rings. The van der Waals surface area contributed by atoms with Crippen molar-refractivity contribution < 1.29 is 18.0 Å². The fraction of sp³-hybridized carbons (Fsp3) is 0.769. The van der Waals surface area contributed by atoms with Gasteiger partial charge in [-0.2, -0.15) is 13.2 Å². The van der Waals surface area contributed by atoms with Crippen molar-refractivity contribution in [1.82, 2.24) is 19.7 Å². The van der Waals surface area contributed by atoms with Crippen LogP contribution in [0.5, 0.6) is 0 Å². The lowest BCUT2D eigenvalue weighted by molar-refractivity contribution is -0.235. The number of aromatic nitrogens is 3. The number of carbonyl (C=O) groups excluding carboxylic acids is 1. The number of aryl methyl sites for hydroxylation is 1. The Morgan fingerprint density at radius 3 is 2.62 bits per heavy atom. The zero-order valence-corrected chi connectivity index (χ0v) is 11.7. The minimum atomic E-state index is -4.18. The topological polar surface area (TPSA) is 51.0 Å². The molecule has 1 spiro atoms. The largest absolute Gasteiger partial charge is 0.392 e. The number of alkyl halides is 3. The molecule has 2 fully saturated rings. The van der Waals surface area contributed by atoms with E-state index in [1.807, 2.05) is 0 Å². The minimum Gasteiger partial charge on any atom is -0.335 e. The number of likely N-dealkylation sites (tertiary alicyclic amines) is 1. The first-order chi connectivity index (χ1) is 9.82. The molecule has 2 aliphatic rings. The lowest BCUT2D eigenvalue weighted by atomic mass is 9.58. The van der Waals surface area contributed by atoms with E-state index in [0.717, 1.165) is 6.42 Å². The van der Waals surface area contributed by atoms with Gasteiger partial charge in [0.15, 0.2) is 0 Å². The standard InChI is InChI=1S/C13H17F3N4O/c1-19-8-17-10(18-19)11(21)20-6-3-9(13(14,15)16)12(7-20)4-2-5-12/h8-9H,2-7H2,1H3. The molecule has 0 bridgehead atoms. The maximum atomic E-state index is 13.2. The molecule has 0 aromatic carbocycles. The Kier molecular flexibility index (Phi) is 3.22. The van der Waals surface area contributed by atoms with Gasteiger partial charge in [0.2, 0.25) is 5.82 Å². The van der Waals surface area contributed by atoms with Crippen LogP contribution >= 0.6 is 0 Å². The third-order valence-electron chi connectivity index (χ3n) is 4.76. The first-order valence-electron chi connectivity index (χ1n) is 7.03. The van der Waals surface area contributed by atoms with Crippen molar-refractivity contribution in [3.8, 4) is 0 Å². The van der Waals surface area contributed by atoms with Crippen molar-refractivity contribution in [1.29, 1.82) is 0 Å². The molecule has 0 N–H and O–H groups in total. The summed E-state index contributed by atoms with van der Waals surface area (Å²) in [5, 5.41) is 3.94. The molecular weight excluding hydrogens is 285 g/mol. The molecule has 1 saturated carbocycles. The SMILES string of the molecule is Cn1cnc(C(=O)N2CCC(C(F)(F)F)C3(CCC3)C2)n1. The van der Waals surface area contributed by atoms with Crippen LogP contribution in [0.2, 0.25) is 0 Å². The van der Waals surface area contributed by atoms with E-state index in [4.69, 9.17) is 0 Å². The van der Waals surface area contributed by atoms with Crippen LogP contribution in [0.1, 0.15) is 36.3 Å². The highest BCUT2D eigenvalue weighted by molar-refractivity contribution is 5.90. The lowest BCUT2D eigenvalue weighted by Gasteiger charge is -2.53. The van der Waals surface area contributed by atoms with E-state index in [0.29, 0.717) is 12.8 Å². The molecule has 1 amide bonds. The van der Waals surface area contributed by atoms with Gasteiger partial charge in [-0.15, -0.1) is 5.10 Å². The Morgan fingerprint density at radius 1 is 1.43 bits per heavy atom. The highest BCUT2D eigenvalue weighted by atomic mass is 19.4. The van der Waals surface area contributed by atoms with Gasteiger partial charge in [-0.05, 0) is 24.7 Å². The number of rotatable bonds is 1. The Bertz CT molecular complexity index is 550. The van der Waals surface area contributed by atoms with Gasteiger partial charge >= 0.3 is 6.18 Å². The second-order valence-corrected chi connectivity index (χ2v) is 6.07. The quantitative estimate of drug-likeness (QED) is 0.797. The maximum Gasteiger partial charge on any atom is 0.392 e. The third kappa shape index (κ3) is 2.40. The summed E-state index contributed by atoms with van der Waals surface area (Å²) in [6.07, 6.45) is -0.917. The second kappa shape index (κ2) is 4.71. The Morgan fingerprint density at radius 2 is 2.14 bits per heavy atom. The van der Waals surface area contributed by atoms with Gasteiger partial charge in [-0.3, -0.25) is 9.48 Å². The highest BCUT2D eigenvalue weighted by Gasteiger charge is 2.58. The van der Waals surface area contributed by atoms with E-state index in [1.54, 1.807) is 7.05 Å². The van der Waals surface area contributed by atoms with E-state index in [9.17, 15) is 18.0 Å². The average molecular weight is 302 g/mol. The van der Waals surface area contributed by atoms with Gasteiger partial charge < -0.3 is 4.90 Å². The summed E-state index contributed by atoms with van der Waals surface area (Å²) >= 11 is 0. The molecular formula is C13H17F3N4O. The van der Waals surface area contributed by atoms with Crippen LogP contribution in [0, 0.1) is 11.3 Å². The molecule has 1 aliphatic carbocycles. The van der Waals surface area contributed by atoms with E-state index in [2.05, 4.69) is 10.1 Å². The number of amides is 1. The Labute approximate surface area is 120 Å². The van der Waals surface area contributed by atoms with Crippen molar-refractivity contribution in [3.63, 3.8) is 0 Å². The van der Waals surface area contributed by atoms with E-state index in [-0.39, 0.29) is 31.2 Å². The number of halogens is 3. The predicted octanol–water partition coefficient (Wildman–Crippen LogP) is 2.01. The van der Waals surface area contributed by atoms with E-state index in [1.165, 1.54) is 15.9 Å². The molecule has 116 valence electrons. The van der Waals surface area contributed by atoms with Crippen LogP contribution in [0.25, 0.3) is 0 Å². The van der Waals surface area contributed by atoms with Crippen LogP contribution in [0.15, 0.2) is 6.33 Å². The molecule has 1 unspecified atom stereocenters. The second-order valence-electron chi connectivity index (χ2n) is 6.07. The Hall–Kier alpha value is -1.60. The molecule has 21 heavy (non-hydrogen) atoms. The molecule has 2 heterocycles. The normalized spacial score (nSPS) is 25.0. The molecule has 3 rings (SSSR count). The monoisotopic (exact) mass is 302 g/mol. The summed E-state index contributed by atoms with van der Waals surface area (Å²) < 4.78 is 41.0. The van der Waals surface area contributed by atoms with Gasteiger partial charge in [0, 0.05) is 20.1 Å². The van der Waals surface area contributed by atoms with E-state index >= 15 is 0 Å². The van der Waals surface area contributed by atoms with Gasteiger partial charge in [0.1, 0.15) is 6.33 Å². The average Bonchev–Trinajstić information content (AvgIpc) is 2.81. The molecule has 1 aliphatic heterocycles. The van der Waals surface area contributed by atoms with Crippen LogP contribution in [-0.2, 0) is 7.05 Å². The molecule has 1 saturated heterocycles.